The number of nitrogens with one attached hydrogen (secondary N) is 1. The Balaban J connectivity index is 1.60. The van der Waals surface area contributed by atoms with Gasteiger partial charge in [0.2, 0.25) is 0 Å². The van der Waals surface area contributed by atoms with Gasteiger partial charge in [-0.25, -0.2) is 4.79 Å². The molecule has 2 heterocycles. The van der Waals surface area contributed by atoms with E-state index in [9.17, 15) is 9.90 Å². The van der Waals surface area contributed by atoms with Crippen molar-refractivity contribution in [2.24, 2.45) is 0 Å². The van der Waals surface area contributed by atoms with Gasteiger partial charge in [-0.15, -0.1) is 0 Å². The predicted molar refractivity (Wildman–Crippen MR) is 99.0 cm³/mol. The first-order chi connectivity index (χ1) is 13.2. The van der Waals surface area contributed by atoms with Gasteiger partial charge in [-0.1, -0.05) is 23.4 Å². The van der Waals surface area contributed by atoms with Crippen molar-refractivity contribution >= 4 is 22.8 Å². The lowest BCUT2D eigenvalue weighted by Crippen LogP contribution is -2.05. The highest BCUT2D eigenvalue weighted by molar-refractivity contribution is 5.99. The molecule has 0 spiro atoms. The molecule has 0 saturated heterocycles. The third kappa shape index (κ3) is 3.22. The number of fused-ring (bicyclic) bond motifs is 1. The van der Waals surface area contributed by atoms with Gasteiger partial charge in [0.1, 0.15) is 17.1 Å². The smallest absolute Gasteiger partial charge is 0.343 e. The topological polar surface area (TPSA) is 97.7 Å². The second kappa shape index (κ2) is 6.87. The number of carboxylic acids is 1. The number of carbonyl (C=O) groups is 1. The highest BCUT2D eigenvalue weighted by atomic mass is 16.5. The second-order valence-electron chi connectivity index (χ2n) is 5.87. The normalized spacial score (nSPS) is 10.9. The molecule has 0 fully saturated rings. The van der Waals surface area contributed by atoms with E-state index in [4.69, 9.17) is 13.7 Å². The lowest BCUT2D eigenvalue weighted by molar-refractivity contribution is 0.0698. The molecule has 7 nitrogen and oxygen atoms in total. The number of hydrogen-bond acceptors (Lipinski definition) is 6. The Morgan fingerprint density at radius 3 is 2.67 bits per heavy atom. The molecular formula is C20H16N2O5. The number of aromatic carboxylic acids is 1. The van der Waals surface area contributed by atoms with Crippen LogP contribution in [0.25, 0.3) is 22.3 Å². The Hall–Kier alpha value is -3.74. The molecule has 0 aliphatic rings. The van der Waals surface area contributed by atoms with Crippen LogP contribution in [0.4, 0.5) is 5.82 Å². The summed E-state index contributed by atoms with van der Waals surface area (Å²) in [5.41, 5.74) is 1.33. The predicted octanol–water partition coefficient (Wildman–Crippen LogP) is 4.41. The Morgan fingerprint density at radius 1 is 1.19 bits per heavy atom. The van der Waals surface area contributed by atoms with Crippen LogP contribution in [-0.4, -0.2) is 23.3 Å². The maximum absolute atomic E-state index is 11.8. The van der Waals surface area contributed by atoms with E-state index < -0.39 is 5.97 Å². The van der Waals surface area contributed by atoms with Crippen LogP contribution >= 0.6 is 0 Å². The molecule has 0 saturated carbocycles. The first kappa shape index (κ1) is 16.7. The van der Waals surface area contributed by atoms with E-state index in [1.807, 2.05) is 30.3 Å². The Morgan fingerprint density at radius 2 is 1.96 bits per heavy atom. The van der Waals surface area contributed by atoms with Gasteiger partial charge in [0.05, 0.1) is 13.7 Å². The molecule has 0 radical (unpaired) electrons. The van der Waals surface area contributed by atoms with E-state index in [-0.39, 0.29) is 23.7 Å². The lowest BCUT2D eigenvalue weighted by Gasteiger charge is -2.03. The molecule has 4 rings (SSSR count). The van der Waals surface area contributed by atoms with Gasteiger partial charge in [0.25, 0.3) is 0 Å². The highest BCUT2D eigenvalue weighted by Gasteiger charge is 2.24. The molecule has 27 heavy (non-hydrogen) atoms. The maximum atomic E-state index is 11.8. The van der Waals surface area contributed by atoms with E-state index in [0.717, 1.165) is 11.0 Å². The largest absolute Gasteiger partial charge is 0.497 e. The van der Waals surface area contributed by atoms with Gasteiger partial charge in [0, 0.05) is 10.9 Å². The average molecular weight is 364 g/mol. The van der Waals surface area contributed by atoms with E-state index in [1.54, 1.807) is 31.4 Å². The molecule has 136 valence electrons. The molecule has 0 amide bonds. The number of furan rings is 1. The molecule has 0 bridgehead atoms. The zero-order valence-electron chi connectivity index (χ0n) is 14.4. The Labute approximate surface area is 154 Å². The summed E-state index contributed by atoms with van der Waals surface area (Å²) < 4.78 is 16.1. The van der Waals surface area contributed by atoms with Gasteiger partial charge in [-0.2, -0.15) is 0 Å². The van der Waals surface area contributed by atoms with Crippen molar-refractivity contribution in [1.29, 1.82) is 0 Å². The van der Waals surface area contributed by atoms with E-state index >= 15 is 0 Å². The van der Waals surface area contributed by atoms with Crippen LogP contribution < -0.4 is 10.1 Å². The maximum Gasteiger partial charge on any atom is 0.343 e. The average Bonchev–Trinajstić information content (AvgIpc) is 3.30. The molecule has 2 aromatic carbocycles. The minimum absolute atomic E-state index is 0.0312. The fourth-order valence-corrected chi connectivity index (χ4v) is 2.84. The van der Waals surface area contributed by atoms with Crippen LogP contribution in [0.5, 0.6) is 5.75 Å². The highest BCUT2D eigenvalue weighted by Crippen LogP contribution is 2.31. The quantitative estimate of drug-likeness (QED) is 0.523. The van der Waals surface area contributed by atoms with Crippen LogP contribution in [0.15, 0.2) is 63.5 Å². The van der Waals surface area contributed by atoms with Crippen LogP contribution in [0.2, 0.25) is 0 Å². The van der Waals surface area contributed by atoms with Crippen molar-refractivity contribution in [1.82, 2.24) is 5.16 Å². The van der Waals surface area contributed by atoms with Gasteiger partial charge in [-0.3, -0.25) is 0 Å². The third-order valence-corrected chi connectivity index (χ3v) is 4.16. The van der Waals surface area contributed by atoms with Crippen LogP contribution in [0.1, 0.15) is 16.1 Å². The zero-order chi connectivity index (χ0) is 18.8. The number of para-hydroxylation sites is 1. The fourth-order valence-electron chi connectivity index (χ4n) is 2.84. The summed E-state index contributed by atoms with van der Waals surface area (Å²) in [6, 6.07) is 16.4. The van der Waals surface area contributed by atoms with Crippen molar-refractivity contribution in [3.63, 3.8) is 0 Å². The Bertz CT molecular complexity index is 1060. The summed E-state index contributed by atoms with van der Waals surface area (Å²) in [5, 5.41) is 17.5. The van der Waals surface area contributed by atoms with Crippen LogP contribution in [0.3, 0.4) is 0 Å². The summed E-state index contributed by atoms with van der Waals surface area (Å²) in [6.07, 6.45) is 0. The molecule has 7 heteroatoms. The van der Waals surface area contributed by atoms with Gasteiger partial charge < -0.3 is 24.1 Å². The van der Waals surface area contributed by atoms with E-state index in [1.165, 1.54) is 0 Å². The number of ether oxygens (including phenoxy) is 1. The minimum Gasteiger partial charge on any atom is -0.497 e. The van der Waals surface area contributed by atoms with Crippen molar-refractivity contribution < 1.29 is 23.6 Å². The van der Waals surface area contributed by atoms with Crippen molar-refractivity contribution in [3.8, 4) is 17.1 Å². The van der Waals surface area contributed by atoms with Crippen LogP contribution in [0, 0.1) is 0 Å². The number of carboxylic acid groups (broad SMARTS) is 1. The number of rotatable bonds is 6. The Kier molecular flexibility index (Phi) is 4.25. The van der Waals surface area contributed by atoms with Crippen molar-refractivity contribution in [2.75, 3.05) is 12.4 Å². The first-order valence-electron chi connectivity index (χ1n) is 8.24. The number of aromatic nitrogens is 1. The number of benzene rings is 2. The monoisotopic (exact) mass is 364 g/mol. The zero-order valence-corrected chi connectivity index (χ0v) is 14.4. The number of hydrogen-bond donors (Lipinski definition) is 2. The molecule has 0 atom stereocenters. The number of methoxy groups -OCH3 is 1. The summed E-state index contributed by atoms with van der Waals surface area (Å²) in [7, 11) is 1.56. The van der Waals surface area contributed by atoms with E-state index in [0.29, 0.717) is 17.1 Å². The van der Waals surface area contributed by atoms with Gasteiger partial charge >= 0.3 is 5.97 Å². The SMILES string of the molecule is COc1ccc(-c2onc(NCc3cc4ccccc4o3)c2C(=O)O)cc1. The lowest BCUT2D eigenvalue weighted by atomic mass is 10.1. The summed E-state index contributed by atoms with van der Waals surface area (Å²) in [5.74, 6) is 0.528. The van der Waals surface area contributed by atoms with Gasteiger partial charge in [-0.05, 0) is 36.4 Å². The third-order valence-electron chi connectivity index (χ3n) is 4.16. The van der Waals surface area contributed by atoms with Crippen molar-refractivity contribution in [3.05, 3.63) is 65.9 Å². The number of nitrogens with zero attached hydrogens (tertiary/aromatic N) is 1. The van der Waals surface area contributed by atoms with Crippen LogP contribution in [-0.2, 0) is 6.54 Å². The fraction of sp³-hybridized carbons (Fsp3) is 0.100. The minimum atomic E-state index is -1.13. The standard InChI is InChI=1S/C20H16N2O5/c1-25-14-8-6-12(7-9-14)18-17(20(23)24)19(22-27-18)21-11-15-10-13-4-2-3-5-16(13)26-15/h2-10H,11H2,1H3,(H,21,22)(H,23,24). The summed E-state index contributed by atoms with van der Waals surface area (Å²) in [6.45, 7) is 0.281. The summed E-state index contributed by atoms with van der Waals surface area (Å²) >= 11 is 0. The van der Waals surface area contributed by atoms with E-state index in [2.05, 4.69) is 10.5 Å². The first-order valence-corrected chi connectivity index (χ1v) is 8.24. The molecule has 4 aromatic rings. The molecule has 0 aliphatic heterocycles. The molecule has 0 unspecified atom stereocenters. The molecular weight excluding hydrogens is 348 g/mol. The molecule has 0 aliphatic carbocycles. The summed E-state index contributed by atoms with van der Waals surface area (Å²) in [4.78, 5) is 11.8. The molecule has 2 N–H and O–H groups in total. The number of anilines is 1. The van der Waals surface area contributed by atoms with Gasteiger partial charge in [0.15, 0.2) is 17.1 Å². The molecule has 2 aromatic heterocycles. The van der Waals surface area contributed by atoms with Crippen molar-refractivity contribution in [2.45, 2.75) is 6.54 Å². The second-order valence-corrected chi connectivity index (χ2v) is 5.87.